The van der Waals surface area contributed by atoms with Crippen LogP contribution in [0.1, 0.15) is 25.8 Å². The molecule has 4 amide bonds. The fraction of sp³-hybridized carbons (Fsp3) is 0.444. The normalized spacial score (nSPS) is 21.9. The van der Waals surface area contributed by atoms with Gasteiger partial charge < -0.3 is 20.1 Å². The number of imide groups is 1. The Morgan fingerprint density at radius 2 is 2.11 bits per heavy atom. The van der Waals surface area contributed by atoms with E-state index in [0.29, 0.717) is 17.9 Å². The lowest BCUT2D eigenvalue weighted by Gasteiger charge is -2.33. The number of hydrogen-bond donors (Lipinski definition) is 2. The summed E-state index contributed by atoms with van der Waals surface area (Å²) in [5.74, 6) is -1.30. The molecule has 9 heteroatoms. The number of hydrogen-bond acceptors (Lipinski definition) is 6. The minimum Gasteiger partial charge on any atom is -0.493 e. The largest absolute Gasteiger partial charge is 0.493 e. The van der Waals surface area contributed by atoms with Crippen molar-refractivity contribution in [2.75, 3.05) is 19.7 Å². The minimum atomic E-state index is -1.25. The fourth-order valence-corrected chi connectivity index (χ4v) is 3.25. The van der Waals surface area contributed by atoms with Gasteiger partial charge in [-0.1, -0.05) is 18.2 Å². The van der Waals surface area contributed by atoms with E-state index in [1.54, 1.807) is 31.2 Å². The van der Waals surface area contributed by atoms with Crippen LogP contribution in [0, 0.1) is 0 Å². The van der Waals surface area contributed by atoms with E-state index in [1.165, 1.54) is 6.92 Å². The van der Waals surface area contributed by atoms with Crippen LogP contribution in [0.5, 0.6) is 5.75 Å². The second-order valence-corrected chi connectivity index (χ2v) is 6.35. The molecule has 2 heterocycles. The van der Waals surface area contributed by atoms with E-state index in [0.717, 1.165) is 4.90 Å². The Morgan fingerprint density at radius 1 is 1.37 bits per heavy atom. The lowest BCUT2D eigenvalue weighted by molar-refractivity contribution is -0.156. The monoisotopic (exact) mass is 375 g/mol. The van der Waals surface area contributed by atoms with Crippen molar-refractivity contribution in [1.29, 1.82) is 0 Å². The van der Waals surface area contributed by atoms with E-state index in [2.05, 4.69) is 10.6 Å². The number of esters is 1. The average Bonchev–Trinajstić information content (AvgIpc) is 2.87. The van der Waals surface area contributed by atoms with Crippen LogP contribution in [0.15, 0.2) is 24.3 Å². The second-order valence-electron chi connectivity index (χ2n) is 6.35. The minimum absolute atomic E-state index is 0.259. The summed E-state index contributed by atoms with van der Waals surface area (Å²) in [4.78, 5) is 50.0. The molecule has 144 valence electrons. The molecule has 3 rings (SSSR count). The van der Waals surface area contributed by atoms with Crippen LogP contribution in [0.2, 0.25) is 0 Å². The Balaban J connectivity index is 1.74. The summed E-state index contributed by atoms with van der Waals surface area (Å²) in [7, 11) is 0. The topological polar surface area (TPSA) is 114 Å². The number of fused-ring (bicyclic) bond motifs is 2. The SMILES string of the molecule is CCNC(=O)[C@@H](C)OC(=O)CN1C(=O)N[C@@]2(CCOc3ccccc32)C1=O. The van der Waals surface area contributed by atoms with Gasteiger partial charge in [-0.05, 0) is 19.9 Å². The Kier molecular flexibility index (Phi) is 5.02. The molecule has 0 aliphatic carbocycles. The van der Waals surface area contributed by atoms with Gasteiger partial charge in [-0.3, -0.25) is 19.3 Å². The predicted octanol–water partition coefficient (Wildman–Crippen LogP) is 0.284. The number of para-hydroxylation sites is 1. The van der Waals surface area contributed by atoms with Gasteiger partial charge in [-0.15, -0.1) is 0 Å². The van der Waals surface area contributed by atoms with Crippen molar-refractivity contribution in [2.45, 2.75) is 31.9 Å². The van der Waals surface area contributed by atoms with Crippen molar-refractivity contribution >= 4 is 23.8 Å². The van der Waals surface area contributed by atoms with Crippen LogP contribution in [0.3, 0.4) is 0 Å². The summed E-state index contributed by atoms with van der Waals surface area (Å²) in [6.45, 7) is 3.25. The van der Waals surface area contributed by atoms with Crippen LogP contribution in [-0.2, 0) is 24.7 Å². The Labute approximate surface area is 156 Å². The maximum atomic E-state index is 13.0. The summed E-state index contributed by atoms with van der Waals surface area (Å²) < 4.78 is 10.6. The molecule has 9 nitrogen and oxygen atoms in total. The van der Waals surface area contributed by atoms with Gasteiger partial charge in [0, 0.05) is 18.5 Å². The van der Waals surface area contributed by atoms with Gasteiger partial charge in [0.25, 0.3) is 11.8 Å². The van der Waals surface area contributed by atoms with Crippen LogP contribution >= 0.6 is 0 Å². The molecule has 2 aliphatic heterocycles. The van der Waals surface area contributed by atoms with E-state index < -0.39 is 42.0 Å². The zero-order chi connectivity index (χ0) is 19.6. The van der Waals surface area contributed by atoms with Gasteiger partial charge >= 0.3 is 12.0 Å². The summed E-state index contributed by atoms with van der Waals surface area (Å²) in [6.07, 6.45) is -0.758. The maximum absolute atomic E-state index is 13.0. The Bertz CT molecular complexity index is 795. The zero-order valence-corrected chi connectivity index (χ0v) is 15.1. The van der Waals surface area contributed by atoms with E-state index in [9.17, 15) is 19.2 Å². The first-order valence-corrected chi connectivity index (χ1v) is 8.72. The fourth-order valence-electron chi connectivity index (χ4n) is 3.25. The molecule has 1 aromatic carbocycles. The van der Waals surface area contributed by atoms with Crippen molar-refractivity contribution in [3.8, 4) is 5.75 Å². The van der Waals surface area contributed by atoms with Gasteiger partial charge in [-0.2, -0.15) is 0 Å². The standard InChI is InChI=1S/C18H21N3O6/c1-3-19-15(23)11(2)27-14(22)10-21-16(24)18(20-17(21)25)8-9-26-13-7-5-4-6-12(13)18/h4-7,11H,3,8-10H2,1-2H3,(H,19,23)(H,20,25)/t11-,18-/m1/s1. The number of rotatable bonds is 5. The molecule has 1 spiro atoms. The smallest absolute Gasteiger partial charge is 0.327 e. The number of amides is 4. The van der Waals surface area contributed by atoms with Crippen LogP contribution in [0.25, 0.3) is 0 Å². The van der Waals surface area contributed by atoms with Crippen molar-refractivity contribution in [2.24, 2.45) is 0 Å². The van der Waals surface area contributed by atoms with Crippen LogP contribution in [0.4, 0.5) is 4.79 Å². The summed E-state index contributed by atoms with van der Waals surface area (Å²) in [6, 6.07) is 6.28. The molecular weight excluding hydrogens is 354 g/mol. The number of likely N-dealkylation sites (N-methyl/N-ethyl adjacent to an activating group) is 1. The van der Waals surface area contributed by atoms with Gasteiger partial charge in [0.1, 0.15) is 12.3 Å². The molecule has 0 bridgehead atoms. The van der Waals surface area contributed by atoms with Crippen molar-refractivity contribution in [3.63, 3.8) is 0 Å². The number of carbonyl (C=O) groups excluding carboxylic acids is 4. The molecule has 1 fully saturated rings. The molecule has 2 N–H and O–H groups in total. The van der Waals surface area contributed by atoms with E-state index in [1.807, 2.05) is 0 Å². The van der Waals surface area contributed by atoms with Crippen molar-refractivity contribution in [1.82, 2.24) is 15.5 Å². The highest BCUT2D eigenvalue weighted by Crippen LogP contribution is 2.40. The molecule has 2 aliphatic rings. The number of urea groups is 1. The van der Waals surface area contributed by atoms with E-state index >= 15 is 0 Å². The van der Waals surface area contributed by atoms with Gasteiger partial charge in [-0.25, -0.2) is 4.79 Å². The Morgan fingerprint density at radius 3 is 2.85 bits per heavy atom. The predicted molar refractivity (Wildman–Crippen MR) is 92.7 cm³/mol. The highest BCUT2D eigenvalue weighted by Gasteiger charge is 2.55. The average molecular weight is 375 g/mol. The summed E-state index contributed by atoms with van der Waals surface area (Å²) >= 11 is 0. The highest BCUT2D eigenvalue weighted by atomic mass is 16.5. The molecule has 0 saturated carbocycles. The van der Waals surface area contributed by atoms with Gasteiger partial charge in [0.2, 0.25) is 0 Å². The van der Waals surface area contributed by atoms with Crippen molar-refractivity contribution in [3.05, 3.63) is 29.8 Å². The molecule has 0 radical (unpaired) electrons. The lowest BCUT2D eigenvalue weighted by atomic mass is 9.84. The van der Waals surface area contributed by atoms with Crippen LogP contribution < -0.4 is 15.4 Å². The lowest BCUT2D eigenvalue weighted by Crippen LogP contribution is -2.48. The van der Waals surface area contributed by atoms with Crippen molar-refractivity contribution < 1.29 is 28.7 Å². The van der Waals surface area contributed by atoms with E-state index in [4.69, 9.17) is 9.47 Å². The number of nitrogens with zero attached hydrogens (tertiary/aromatic N) is 1. The van der Waals surface area contributed by atoms with Crippen LogP contribution in [-0.4, -0.2) is 54.5 Å². The Hall–Kier alpha value is -3.10. The highest BCUT2D eigenvalue weighted by molar-refractivity contribution is 6.09. The second kappa shape index (κ2) is 7.26. The number of benzene rings is 1. The first-order chi connectivity index (χ1) is 12.9. The zero-order valence-electron chi connectivity index (χ0n) is 15.1. The molecular formula is C18H21N3O6. The first-order valence-electron chi connectivity index (χ1n) is 8.72. The quantitative estimate of drug-likeness (QED) is 0.565. The molecule has 0 unspecified atom stereocenters. The molecule has 0 aromatic heterocycles. The first kappa shape index (κ1) is 18.7. The van der Waals surface area contributed by atoms with Gasteiger partial charge in [0.05, 0.1) is 6.61 Å². The number of carbonyl (C=O) groups is 4. The van der Waals surface area contributed by atoms with Gasteiger partial charge in [0.15, 0.2) is 11.6 Å². The maximum Gasteiger partial charge on any atom is 0.327 e. The van der Waals surface area contributed by atoms with E-state index in [-0.39, 0.29) is 13.0 Å². The molecule has 1 aromatic rings. The third-order valence-corrected chi connectivity index (χ3v) is 4.57. The summed E-state index contributed by atoms with van der Waals surface area (Å²) in [5, 5.41) is 5.23. The number of ether oxygens (including phenoxy) is 2. The number of nitrogens with one attached hydrogen (secondary N) is 2. The molecule has 27 heavy (non-hydrogen) atoms. The molecule has 1 saturated heterocycles. The third-order valence-electron chi connectivity index (χ3n) is 4.57. The summed E-state index contributed by atoms with van der Waals surface area (Å²) in [5.41, 5.74) is -0.696. The third kappa shape index (κ3) is 3.32. The molecule has 2 atom stereocenters.